The number of carbonyl (C=O) groups is 1. The number of aryl methyl sites for hydroxylation is 1. The number of halogens is 3. The molecule has 2 N–H and O–H groups in total. The minimum Gasteiger partial charge on any atom is -0.477 e. The van der Waals surface area contributed by atoms with E-state index >= 15 is 0 Å². The molecular formula is C17H12F3N3O3S. The second-order valence-corrected chi connectivity index (χ2v) is 6.41. The fraction of sp³-hybridized carbons (Fsp3) is 0.118. The Morgan fingerprint density at radius 1 is 1.30 bits per heavy atom. The second-order valence-electron chi connectivity index (χ2n) is 5.40. The topological polar surface area (TPSA) is 92.0 Å². The quantitative estimate of drug-likeness (QED) is 0.484. The van der Waals surface area contributed by atoms with Crippen LogP contribution in [-0.2, 0) is 11.0 Å². The number of carboxylic acid groups (broad SMARTS) is 1. The molecule has 0 aliphatic rings. The number of aromatic amines is 1. The molecule has 0 fully saturated rings. The van der Waals surface area contributed by atoms with Crippen LogP contribution in [0.4, 0.5) is 13.2 Å². The van der Waals surface area contributed by atoms with Gasteiger partial charge < -0.3 is 9.52 Å². The first-order valence-electron chi connectivity index (χ1n) is 7.52. The molecule has 0 aliphatic carbocycles. The minimum absolute atomic E-state index is 0.0982. The number of benzene rings is 1. The number of aromatic nitrogens is 3. The third kappa shape index (κ3) is 4.59. The van der Waals surface area contributed by atoms with Gasteiger partial charge in [0, 0.05) is 11.6 Å². The van der Waals surface area contributed by atoms with Gasteiger partial charge in [0.15, 0.2) is 0 Å². The van der Waals surface area contributed by atoms with E-state index in [-0.39, 0.29) is 27.1 Å². The molecule has 0 spiro atoms. The molecule has 2 aromatic heterocycles. The molecule has 3 rings (SSSR count). The summed E-state index contributed by atoms with van der Waals surface area (Å²) in [5, 5.41) is 16.0. The predicted molar refractivity (Wildman–Crippen MR) is 91.7 cm³/mol. The summed E-state index contributed by atoms with van der Waals surface area (Å²) in [6, 6.07) is 7.64. The van der Waals surface area contributed by atoms with Gasteiger partial charge in [-0.25, -0.2) is 9.78 Å². The van der Waals surface area contributed by atoms with Crippen LogP contribution >= 0.6 is 11.8 Å². The highest BCUT2D eigenvalue weighted by atomic mass is 32.2. The Bertz CT molecular complexity index is 1010. The first-order chi connectivity index (χ1) is 12.7. The molecule has 1 aromatic carbocycles. The average molecular weight is 395 g/mol. The first-order valence-corrected chi connectivity index (χ1v) is 8.33. The van der Waals surface area contributed by atoms with Crippen LogP contribution in [0.5, 0.6) is 0 Å². The lowest BCUT2D eigenvalue weighted by Crippen LogP contribution is -2.04. The Morgan fingerprint density at radius 2 is 2.07 bits per heavy atom. The van der Waals surface area contributed by atoms with Crippen molar-refractivity contribution in [3.8, 4) is 11.3 Å². The monoisotopic (exact) mass is 395 g/mol. The maximum absolute atomic E-state index is 12.8. The number of aliphatic carboxylic acids is 1. The molecule has 3 aromatic rings. The Morgan fingerprint density at radius 3 is 2.70 bits per heavy atom. The molecule has 0 saturated carbocycles. The molecule has 0 atom stereocenters. The molecule has 10 heteroatoms. The Kier molecular flexibility index (Phi) is 5.08. The summed E-state index contributed by atoms with van der Waals surface area (Å²) in [5.41, 5.74) is -0.561. The number of nitrogens with zero attached hydrogens (tertiary/aromatic N) is 2. The van der Waals surface area contributed by atoms with Crippen molar-refractivity contribution in [1.29, 1.82) is 0 Å². The van der Waals surface area contributed by atoms with E-state index in [9.17, 15) is 23.1 Å². The van der Waals surface area contributed by atoms with Crippen LogP contribution in [0, 0.1) is 6.92 Å². The van der Waals surface area contributed by atoms with E-state index in [1.54, 1.807) is 6.92 Å². The maximum atomic E-state index is 12.8. The Hall–Kier alpha value is -3.01. The van der Waals surface area contributed by atoms with E-state index in [4.69, 9.17) is 4.42 Å². The zero-order valence-corrected chi connectivity index (χ0v) is 14.6. The van der Waals surface area contributed by atoms with E-state index in [2.05, 4.69) is 15.2 Å². The van der Waals surface area contributed by atoms with Gasteiger partial charge in [0.1, 0.15) is 22.3 Å². The van der Waals surface area contributed by atoms with Crippen LogP contribution in [0.3, 0.4) is 0 Å². The van der Waals surface area contributed by atoms with Crippen molar-refractivity contribution in [2.24, 2.45) is 0 Å². The predicted octanol–water partition coefficient (Wildman–Crippen LogP) is 4.61. The van der Waals surface area contributed by atoms with Crippen molar-refractivity contribution in [3.05, 3.63) is 58.5 Å². The third-order valence-electron chi connectivity index (χ3n) is 3.36. The summed E-state index contributed by atoms with van der Waals surface area (Å²) < 4.78 is 44.0. The average Bonchev–Trinajstić information content (AvgIpc) is 3.23. The molecule has 0 bridgehead atoms. The largest absolute Gasteiger partial charge is 0.477 e. The molecule has 0 saturated heterocycles. The zero-order chi connectivity index (χ0) is 19.6. The van der Waals surface area contributed by atoms with E-state index in [1.807, 2.05) is 0 Å². The molecule has 6 nitrogen and oxygen atoms in total. The van der Waals surface area contributed by atoms with Gasteiger partial charge >= 0.3 is 12.1 Å². The van der Waals surface area contributed by atoms with Gasteiger partial charge in [-0.1, -0.05) is 12.1 Å². The molecule has 0 unspecified atom stereocenters. The summed E-state index contributed by atoms with van der Waals surface area (Å²) in [5.74, 6) is -0.304. The fourth-order valence-corrected chi connectivity index (χ4v) is 2.90. The number of hydrogen-bond donors (Lipinski definition) is 2. The van der Waals surface area contributed by atoms with Gasteiger partial charge in [-0.3, -0.25) is 5.10 Å². The SMILES string of the molecule is Cc1nc(S/C(=C/c2ccc(-c3cccc(C(F)(F)F)c3)o2)C(=O)O)n[nH]1. The number of carboxylic acids is 1. The Labute approximate surface area is 155 Å². The smallest absolute Gasteiger partial charge is 0.416 e. The summed E-state index contributed by atoms with van der Waals surface area (Å²) in [6.45, 7) is 1.68. The van der Waals surface area contributed by atoms with Crippen molar-refractivity contribution in [1.82, 2.24) is 15.2 Å². The number of H-pyrrole nitrogens is 1. The lowest BCUT2D eigenvalue weighted by atomic mass is 10.1. The standard InChI is InChI=1S/C17H12F3N3O3S/c1-9-21-16(23-22-9)27-14(15(24)25)8-12-5-6-13(26-12)10-3-2-4-11(7-10)17(18,19)20/h2-8H,1H3,(H,24,25)(H,21,22,23)/b14-8+. The van der Waals surface area contributed by atoms with Crippen LogP contribution in [0.2, 0.25) is 0 Å². The van der Waals surface area contributed by atoms with Crippen LogP contribution in [0.15, 0.2) is 50.9 Å². The summed E-state index contributed by atoms with van der Waals surface area (Å²) in [6.07, 6.45) is -3.21. The third-order valence-corrected chi connectivity index (χ3v) is 4.24. The highest BCUT2D eigenvalue weighted by Gasteiger charge is 2.30. The molecule has 0 amide bonds. The van der Waals surface area contributed by atoms with Gasteiger partial charge in [0.05, 0.1) is 5.56 Å². The maximum Gasteiger partial charge on any atom is 0.416 e. The van der Waals surface area contributed by atoms with Crippen molar-refractivity contribution >= 4 is 23.8 Å². The van der Waals surface area contributed by atoms with Gasteiger partial charge in [-0.15, -0.1) is 5.10 Å². The number of furan rings is 1. The van der Waals surface area contributed by atoms with Crippen molar-refractivity contribution in [2.75, 3.05) is 0 Å². The van der Waals surface area contributed by atoms with Gasteiger partial charge in [0.2, 0.25) is 5.16 Å². The van der Waals surface area contributed by atoms with Crippen LogP contribution in [0.25, 0.3) is 17.4 Å². The fourth-order valence-electron chi connectivity index (χ4n) is 2.16. The normalized spacial score (nSPS) is 12.4. The number of alkyl halides is 3. The van der Waals surface area contributed by atoms with E-state index in [0.717, 1.165) is 23.9 Å². The van der Waals surface area contributed by atoms with Gasteiger partial charge in [0.25, 0.3) is 0 Å². The van der Waals surface area contributed by atoms with Crippen LogP contribution in [-0.4, -0.2) is 26.3 Å². The zero-order valence-electron chi connectivity index (χ0n) is 13.7. The molecule has 0 radical (unpaired) electrons. The minimum atomic E-state index is -4.47. The van der Waals surface area contributed by atoms with Gasteiger partial charge in [-0.2, -0.15) is 13.2 Å². The van der Waals surface area contributed by atoms with E-state index in [0.29, 0.717) is 5.82 Å². The molecule has 0 aliphatic heterocycles. The van der Waals surface area contributed by atoms with Gasteiger partial charge in [-0.05, 0) is 43.0 Å². The summed E-state index contributed by atoms with van der Waals surface area (Å²) in [7, 11) is 0. The first kappa shape index (κ1) is 18.8. The van der Waals surface area contributed by atoms with Crippen LogP contribution in [0.1, 0.15) is 17.1 Å². The van der Waals surface area contributed by atoms with Crippen LogP contribution < -0.4 is 0 Å². The van der Waals surface area contributed by atoms with Crippen molar-refractivity contribution in [2.45, 2.75) is 18.3 Å². The van der Waals surface area contributed by atoms with E-state index in [1.165, 1.54) is 30.3 Å². The highest BCUT2D eigenvalue weighted by Crippen LogP contribution is 2.33. The number of nitrogens with one attached hydrogen (secondary N) is 1. The lowest BCUT2D eigenvalue weighted by molar-refractivity contribution is -0.137. The molecule has 27 heavy (non-hydrogen) atoms. The number of hydrogen-bond acceptors (Lipinski definition) is 5. The molecule has 2 heterocycles. The lowest BCUT2D eigenvalue weighted by Gasteiger charge is -2.07. The summed E-state index contributed by atoms with van der Waals surface area (Å²) >= 11 is 0.823. The highest BCUT2D eigenvalue weighted by molar-refractivity contribution is 8.04. The second kappa shape index (κ2) is 7.31. The van der Waals surface area contributed by atoms with Crippen molar-refractivity contribution in [3.63, 3.8) is 0 Å². The summed E-state index contributed by atoms with van der Waals surface area (Å²) in [4.78, 5) is 15.3. The Balaban J connectivity index is 1.87. The molecule has 140 valence electrons. The number of rotatable bonds is 5. The van der Waals surface area contributed by atoms with Crippen molar-refractivity contribution < 1.29 is 27.5 Å². The molecular weight excluding hydrogens is 383 g/mol. The van der Waals surface area contributed by atoms with E-state index < -0.39 is 17.7 Å². The number of thioether (sulfide) groups is 1.